The first-order chi connectivity index (χ1) is 13.8. The van der Waals surface area contributed by atoms with Crippen molar-refractivity contribution in [2.45, 2.75) is 13.1 Å². The van der Waals surface area contributed by atoms with Crippen LogP contribution in [0, 0.1) is 14.9 Å². The van der Waals surface area contributed by atoms with Gasteiger partial charge in [0.1, 0.15) is 6.54 Å². The van der Waals surface area contributed by atoms with Gasteiger partial charge in [-0.2, -0.15) is 5.10 Å². The van der Waals surface area contributed by atoms with Gasteiger partial charge < -0.3 is 4.90 Å². The quantitative estimate of drug-likeness (QED) is 0.338. The van der Waals surface area contributed by atoms with Gasteiger partial charge in [-0.1, -0.05) is 23.2 Å². The van der Waals surface area contributed by atoms with E-state index in [1.807, 2.05) is 0 Å². The maximum absolute atomic E-state index is 12.8. The number of non-ortho nitro benzene ring substituents is 1. The molecule has 0 saturated carbocycles. The number of rotatable bonds is 6. The largest absolute Gasteiger partial charge is 0.340 e. The molecular formula is C18H15Cl2N5O3S. The fraction of sp³-hybridized carbons (Fsp3) is 0.167. The molecule has 0 unspecified atom stereocenters. The van der Waals surface area contributed by atoms with E-state index in [0.29, 0.717) is 26.2 Å². The second-order valence-electron chi connectivity index (χ2n) is 6.23. The molecule has 3 rings (SSSR count). The van der Waals surface area contributed by atoms with Crippen LogP contribution in [0.5, 0.6) is 0 Å². The highest BCUT2D eigenvalue weighted by Gasteiger charge is 2.18. The average Bonchev–Trinajstić information content (AvgIpc) is 3.04. The normalized spacial score (nSPS) is 10.7. The van der Waals surface area contributed by atoms with Gasteiger partial charge in [0.2, 0.25) is 5.91 Å². The number of nitro benzene ring substituents is 1. The Kier molecular flexibility index (Phi) is 6.31. The summed E-state index contributed by atoms with van der Waals surface area (Å²) in [6, 6.07) is 11.1. The van der Waals surface area contributed by atoms with Crippen molar-refractivity contribution >= 4 is 47.0 Å². The average molecular weight is 452 g/mol. The number of aromatic nitrogens is 3. The zero-order valence-electron chi connectivity index (χ0n) is 15.1. The molecule has 0 radical (unpaired) electrons. The molecule has 8 nitrogen and oxygen atoms in total. The second-order valence-corrected chi connectivity index (χ2v) is 7.46. The third kappa shape index (κ3) is 4.81. The molecule has 11 heteroatoms. The highest BCUT2D eigenvalue weighted by molar-refractivity contribution is 7.71. The van der Waals surface area contributed by atoms with Gasteiger partial charge in [0, 0.05) is 41.3 Å². The molecule has 1 heterocycles. The van der Waals surface area contributed by atoms with Crippen LogP contribution in [-0.2, 0) is 17.9 Å². The van der Waals surface area contributed by atoms with E-state index in [9.17, 15) is 14.9 Å². The van der Waals surface area contributed by atoms with Crippen molar-refractivity contribution in [1.82, 2.24) is 19.7 Å². The topological polar surface area (TPSA) is 97.1 Å². The Labute approximate surface area is 180 Å². The first-order valence-corrected chi connectivity index (χ1v) is 9.50. The number of nitrogens with zero attached hydrogens (tertiary/aromatic N) is 4. The molecule has 0 atom stereocenters. The summed E-state index contributed by atoms with van der Waals surface area (Å²) in [5, 5.41) is 18.8. The van der Waals surface area contributed by atoms with Crippen LogP contribution < -0.4 is 0 Å². The zero-order chi connectivity index (χ0) is 21.1. The van der Waals surface area contributed by atoms with Crippen LogP contribution in [0.15, 0.2) is 42.5 Å². The number of nitrogens with one attached hydrogen (secondary N) is 1. The molecule has 29 heavy (non-hydrogen) atoms. The van der Waals surface area contributed by atoms with Crippen molar-refractivity contribution in [3.05, 3.63) is 73.0 Å². The van der Waals surface area contributed by atoms with Gasteiger partial charge in [-0.05, 0) is 48.1 Å². The highest BCUT2D eigenvalue weighted by Crippen LogP contribution is 2.24. The molecule has 0 aliphatic carbocycles. The second kappa shape index (κ2) is 8.73. The lowest BCUT2D eigenvalue weighted by Crippen LogP contribution is -2.30. The van der Waals surface area contributed by atoms with Crippen molar-refractivity contribution < 1.29 is 9.72 Å². The molecular weight excluding hydrogens is 437 g/mol. The molecule has 1 N–H and O–H groups in total. The van der Waals surface area contributed by atoms with Crippen molar-refractivity contribution in [1.29, 1.82) is 0 Å². The Balaban J connectivity index is 1.80. The number of hydrogen-bond acceptors (Lipinski definition) is 5. The van der Waals surface area contributed by atoms with E-state index >= 15 is 0 Å². The first-order valence-electron chi connectivity index (χ1n) is 8.34. The monoisotopic (exact) mass is 451 g/mol. The van der Waals surface area contributed by atoms with Gasteiger partial charge in [-0.3, -0.25) is 24.6 Å². The maximum Gasteiger partial charge on any atom is 0.269 e. The van der Waals surface area contributed by atoms with Crippen molar-refractivity contribution in [3.8, 4) is 11.4 Å². The Bertz CT molecular complexity index is 1130. The van der Waals surface area contributed by atoms with Crippen LogP contribution >= 0.6 is 35.4 Å². The molecule has 0 fully saturated rings. The molecule has 3 aromatic rings. The minimum absolute atomic E-state index is 0.0592. The Morgan fingerprint density at radius 3 is 2.62 bits per heavy atom. The van der Waals surface area contributed by atoms with Crippen molar-refractivity contribution in [2.24, 2.45) is 0 Å². The predicted molar refractivity (Wildman–Crippen MR) is 112 cm³/mol. The van der Waals surface area contributed by atoms with E-state index in [4.69, 9.17) is 35.4 Å². The van der Waals surface area contributed by atoms with Crippen LogP contribution in [0.3, 0.4) is 0 Å². The minimum Gasteiger partial charge on any atom is -0.340 e. The number of hydrogen-bond donors (Lipinski definition) is 1. The van der Waals surface area contributed by atoms with Crippen molar-refractivity contribution in [2.75, 3.05) is 7.05 Å². The number of H-pyrrole nitrogens is 1. The molecule has 0 spiro atoms. The number of halogens is 2. The summed E-state index contributed by atoms with van der Waals surface area (Å²) in [6.07, 6.45) is 0. The molecule has 0 saturated heterocycles. The summed E-state index contributed by atoms with van der Waals surface area (Å²) in [4.78, 5) is 24.6. The summed E-state index contributed by atoms with van der Waals surface area (Å²) in [5.41, 5.74) is 1.14. The standard InChI is InChI=1S/C18H15Cl2N5O3S/c1-23(9-12-8-14(25(27)28)6-7-15(12)20)16(26)10-24-17(21-22-18(24)29)11-2-4-13(19)5-3-11/h2-8H,9-10H2,1H3,(H,22,29). The summed E-state index contributed by atoms with van der Waals surface area (Å²) in [7, 11) is 1.59. The summed E-state index contributed by atoms with van der Waals surface area (Å²) >= 11 is 17.3. The number of aromatic amines is 1. The van der Waals surface area contributed by atoms with Gasteiger partial charge in [0.25, 0.3) is 5.69 Å². The molecule has 1 amide bonds. The van der Waals surface area contributed by atoms with Crippen LogP contribution in [0.2, 0.25) is 10.0 Å². The zero-order valence-corrected chi connectivity index (χ0v) is 17.5. The number of carbonyl (C=O) groups is 1. The fourth-order valence-electron chi connectivity index (χ4n) is 2.68. The number of nitro groups is 1. The SMILES string of the molecule is CN(Cc1cc([N+](=O)[O-])ccc1Cl)C(=O)Cn1c(-c2ccc(Cl)cc2)n[nH]c1=S. The van der Waals surface area contributed by atoms with E-state index in [1.165, 1.54) is 23.1 Å². The van der Waals surface area contributed by atoms with Crippen LogP contribution in [0.4, 0.5) is 5.69 Å². The lowest BCUT2D eigenvalue weighted by atomic mass is 10.2. The van der Waals surface area contributed by atoms with Gasteiger partial charge in [0.05, 0.1) is 4.92 Å². The number of benzene rings is 2. The molecule has 0 aliphatic heterocycles. The molecule has 1 aromatic heterocycles. The Morgan fingerprint density at radius 1 is 1.28 bits per heavy atom. The number of amides is 1. The fourth-order valence-corrected chi connectivity index (χ4v) is 3.18. The lowest BCUT2D eigenvalue weighted by molar-refractivity contribution is -0.384. The maximum atomic E-state index is 12.8. The summed E-state index contributed by atoms with van der Waals surface area (Å²) in [6.45, 7) is 0.0527. The molecule has 2 aromatic carbocycles. The first kappa shape index (κ1) is 21.0. The Hall–Kier alpha value is -2.75. The smallest absolute Gasteiger partial charge is 0.269 e. The lowest BCUT2D eigenvalue weighted by Gasteiger charge is -2.18. The summed E-state index contributed by atoms with van der Waals surface area (Å²) < 4.78 is 1.87. The minimum atomic E-state index is -0.509. The van der Waals surface area contributed by atoms with Crippen LogP contribution in [0.1, 0.15) is 5.56 Å². The summed E-state index contributed by atoms with van der Waals surface area (Å²) in [5.74, 6) is 0.238. The molecule has 0 bridgehead atoms. The van der Waals surface area contributed by atoms with E-state index in [-0.39, 0.29) is 24.7 Å². The third-order valence-electron chi connectivity index (χ3n) is 4.23. The van der Waals surface area contributed by atoms with E-state index in [2.05, 4.69) is 10.2 Å². The van der Waals surface area contributed by atoms with E-state index < -0.39 is 4.92 Å². The Morgan fingerprint density at radius 2 is 1.97 bits per heavy atom. The van der Waals surface area contributed by atoms with E-state index in [0.717, 1.165) is 5.56 Å². The molecule has 0 aliphatic rings. The predicted octanol–water partition coefficient (Wildman–Crippen LogP) is 4.48. The van der Waals surface area contributed by atoms with Gasteiger partial charge in [-0.25, -0.2) is 0 Å². The van der Waals surface area contributed by atoms with Gasteiger partial charge >= 0.3 is 0 Å². The molecule has 150 valence electrons. The van der Waals surface area contributed by atoms with E-state index in [1.54, 1.807) is 35.9 Å². The van der Waals surface area contributed by atoms with Crippen LogP contribution in [0.25, 0.3) is 11.4 Å². The number of carbonyl (C=O) groups excluding carboxylic acids is 1. The van der Waals surface area contributed by atoms with Gasteiger partial charge in [-0.15, -0.1) is 0 Å². The number of likely N-dealkylation sites (N-methyl/N-ethyl adjacent to an activating group) is 1. The van der Waals surface area contributed by atoms with Crippen LogP contribution in [-0.4, -0.2) is 37.5 Å². The third-order valence-corrected chi connectivity index (χ3v) is 5.16. The van der Waals surface area contributed by atoms with Crippen molar-refractivity contribution in [3.63, 3.8) is 0 Å². The van der Waals surface area contributed by atoms with Gasteiger partial charge in [0.15, 0.2) is 10.6 Å². The highest BCUT2D eigenvalue weighted by atomic mass is 35.5.